The highest BCUT2D eigenvalue weighted by molar-refractivity contribution is 5.92. The summed E-state index contributed by atoms with van der Waals surface area (Å²) < 4.78 is 152. The Hall–Kier alpha value is -14.7. The number of rotatable bonds is 30. The zero-order chi connectivity index (χ0) is 102. The number of hydrogen-bond acceptors (Lipinski definition) is 26. The average Bonchev–Trinajstić information content (AvgIpc) is 1.06. The number of halogens is 4. The molecule has 8 aromatic carbocycles. The Balaban J connectivity index is 0.000000116. The maximum Gasteiger partial charge on any atom is 0.230 e. The lowest BCUT2D eigenvalue weighted by molar-refractivity contribution is -0.195. The van der Waals surface area contributed by atoms with Gasteiger partial charge in [-0.15, -0.1) is 0 Å². The smallest absolute Gasteiger partial charge is 0.230 e. The van der Waals surface area contributed by atoms with Crippen LogP contribution in [-0.2, 0) is 63.8 Å². The molecule has 4 spiro atoms. The summed E-state index contributed by atoms with van der Waals surface area (Å²) in [7, 11) is 6.18. The number of amides is 4. The van der Waals surface area contributed by atoms with Crippen molar-refractivity contribution >= 4 is 91.5 Å². The number of nitrogens with zero attached hydrogens (tertiary/aromatic N) is 10. The molecule has 8 saturated heterocycles. The van der Waals surface area contributed by atoms with Crippen LogP contribution in [0.25, 0.3) is 67.9 Å². The summed E-state index contributed by atoms with van der Waals surface area (Å²) in [6.45, 7) is 21.4. The van der Waals surface area contributed by atoms with Gasteiger partial charge in [-0.25, -0.2) is 37.5 Å². The Labute approximate surface area is 852 Å². The molecule has 12 aromatic rings. The van der Waals surface area contributed by atoms with Crippen LogP contribution in [0.1, 0.15) is 124 Å². The van der Waals surface area contributed by atoms with E-state index in [-0.39, 0.29) is 118 Å². The van der Waals surface area contributed by atoms with Crippen LogP contribution in [-0.4, -0.2) is 233 Å². The molecule has 0 unspecified atom stereocenters. The van der Waals surface area contributed by atoms with Crippen molar-refractivity contribution in [2.45, 2.75) is 105 Å². The zero-order valence-electron chi connectivity index (χ0n) is 83.8. The van der Waals surface area contributed by atoms with E-state index in [4.69, 9.17) is 75.8 Å². The van der Waals surface area contributed by atoms with E-state index in [1.807, 2.05) is 95.9 Å². The number of carbonyl (C=O) groups excluding carboxylic acids is 4. The van der Waals surface area contributed by atoms with Crippen molar-refractivity contribution in [1.29, 1.82) is 0 Å². The van der Waals surface area contributed by atoms with Crippen LogP contribution in [0.5, 0.6) is 92.3 Å². The van der Waals surface area contributed by atoms with Crippen LogP contribution in [0.15, 0.2) is 157 Å². The Morgan fingerprint density at radius 3 is 0.905 bits per heavy atom. The Morgan fingerprint density at radius 2 is 0.601 bits per heavy atom. The van der Waals surface area contributed by atoms with Crippen LogP contribution in [0.2, 0.25) is 0 Å². The first-order valence-electron chi connectivity index (χ1n) is 50.0. The molecule has 8 aliphatic heterocycles. The number of aromatic nitrogens is 6. The predicted molar refractivity (Wildman–Crippen MR) is 542 cm³/mol. The van der Waals surface area contributed by atoms with E-state index in [1.165, 1.54) is 19.8 Å². The van der Waals surface area contributed by atoms with Crippen molar-refractivity contribution in [3.63, 3.8) is 0 Å². The van der Waals surface area contributed by atoms with Gasteiger partial charge in [0.25, 0.3) is 0 Å². The second kappa shape index (κ2) is 41.9. The standard InChI is InChI=1S/C30H31FN2O5.C29H30FN3O5.C28H27FN2O5.C27H26FN3O5/c1-19-12-20-5-6-25(29(31)21(20)13-19)38-24-7-9-32-23-15-27(26(35-2)14-22(23)24)37-11-3-4-28(34)33-10-8-30(16-33)17-36-18-30;1-18-10-19-5-6-23(27(30)20(19)11-18)38-28-21-12-24(35-2)25(13-22(21)31-17-32-28)37-9-3-4-26(34)33-8-7-29(14-33)15-36-16-29;1-17-9-18-3-4-23(27(29)19(18)10-17)36-22-5-7-30-21-12-25(24(33-2)11-20(21)22)35-8-6-26(32)31-13-28(14-31)15-34-16-28;1-16-7-17-3-4-21(25(28)18(17)8-16)36-26-19-9-22(33-2)23(10-20(19)29-15-30-26)35-6-5-24(32)31-11-27(12-31)13-34-14-27/h5-7,9,13-15H,3-4,8,10-12,16-18H2,1-2H3;5-6,11-13,17H,3-4,7-10,14-16H2,1-2H3;3-5,7,10-12H,6,8-9,13-16H2,1-2H3;3-4,8-10,15H,5-7,11-14H2,1-2H3. The molecule has 0 bridgehead atoms. The summed E-state index contributed by atoms with van der Waals surface area (Å²) >= 11 is 0. The quantitative estimate of drug-likeness (QED) is 0.0298. The first-order chi connectivity index (χ1) is 71.8. The second-order valence-corrected chi connectivity index (χ2v) is 40.6. The lowest BCUT2D eigenvalue weighted by Gasteiger charge is -2.55. The van der Waals surface area contributed by atoms with Gasteiger partial charge < -0.3 is 95.4 Å². The SMILES string of the molecule is COc1cc2c(Oc3ccc4c(c3F)C=C(C)C4)ccnc2cc1OCCC(=O)N1CC2(COC2)C1.COc1cc2c(Oc3ccc4c(c3F)C=C(C)C4)ccnc2cc1OCCCC(=O)N1CCC2(COC2)C1.COc1cc2c(Oc3ccc4c(c3F)C=C(C)C4)ncnc2cc1OCCC(=O)N1CC2(COC2)C1.COc1cc2c(Oc3ccc4c(c3F)C=C(C)C4)ncnc2cc1OCCCC(=O)N1CCC2(COC2)C1. The highest BCUT2D eigenvalue weighted by atomic mass is 19.1. The number of fused-ring (bicyclic) bond motifs is 8. The molecule has 8 fully saturated rings. The van der Waals surface area contributed by atoms with E-state index in [9.17, 15) is 19.2 Å². The molecule has 24 rings (SSSR count). The van der Waals surface area contributed by atoms with E-state index < -0.39 is 11.6 Å². The van der Waals surface area contributed by atoms with Gasteiger partial charge in [-0.1, -0.05) is 70.9 Å². The van der Waals surface area contributed by atoms with Gasteiger partial charge in [0.1, 0.15) is 24.2 Å². The lowest BCUT2D eigenvalue weighted by atomic mass is 9.78. The molecule has 12 aliphatic rings. The van der Waals surface area contributed by atoms with Crippen molar-refractivity contribution in [1.82, 2.24) is 49.5 Å². The maximum atomic E-state index is 15.2. The van der Waals surface area contributed by atoms with Crippen molar-refractivity contribution in [3.05, 3.63) is 224 Å². The zero-order valence-corrected chi connectivity index (χ0v) is 83.8. The number of ether oxygens (including phenoxy) is 16. The normalized spacial score (nSPS) is 17.3. The molecule has 0 saturated carbocycles. The number of carbonyl (C=O) groups is 4. The fraction of sp³-hybridized carbons (Fsp3) is 0.386. The van der Waals surface area contributed by atoms with E-state index >= 15 is 17.6 Å². The molecular weight excluding hydrogens is 1910 g/mol. The fourth-order valence-corrected chi connectivity index (χ4v) is 21.1. The molecule has 4 aromatic heterocycles. The van der Waals surface area contributed by atoms with Crippen LogP contribution in [0.3, 0.4) is 0 Å². The van der Waals surface area contributed by atoms with E-state index in [0.717, 1.165) is 188 Å². The van der Waals surface area contributed by atoms with Crippen LogP contribution in [0.4, 0.5) is 17.6 Å². The van der Waals surface area contributed by atoms with Crippen molar-refractivity contribution in [2.24, 2.45) is 21.7 Å². The molecule has 0 N–H and O–H groups in total. The molecule has 30 nitrogen and oxygen atoms in total. The number of likely N-dealkylation sites (tertiary alicyclic amines) is 4. The number of methoxy groups -OCH3 is 4. The average molecular weight is 2020 g/mol. The number of hydrogen-bond donors (Lipinski definition) is 0. The number of pyridine rings is 2. The Morgan fingerprint density at radius 1 is 0.311 bits per heavy atom. The molecule has 12 heterocycles. The maximum absolute atomic E-state index is 15.2. The molecule has 0 atom stereocenters. The summed E-state index contributed by atoms with van der Waals surface area (Å²) in [5.74, 6) is 4.70. The van der Waals surface area contributed by atoms with Crippen molar-refractivity contribution in [2.75, 3.05) is 160 Å². The van der Waals surface area contributed by atoms with Crippen LogP contribution < -0.4 is 56.8 Å². The summed E-state index contributed by atoms with van der Waals surface area (Å²) in [4.78, 5) is 83.8. The lowest BCUT2D eigenvalue weighted by Crippen LogP contribution is -2.67. The summed E-state index contributed by atoms with van der Waals surface area (Å²) in [5, 5.41) is 2.47. The number of benzene rings is 8. The van der Waals surface area contributed by atoms with E-state index in [2.05, 4.69) is 29.9 Å². The van der Waals surface area contributed by atoms with Crippen molar-refractivity contribution in [3.8, 4) is 92.3 Å². The molecule has 148 heavy (non-hydrogen) atoms. The van der Waals surface area contributed by atoms with Gasteiger partial charge >= 0.3 is 0 Å². The third kappa shape index (κ3) is 20.5. The predicted octanol–water partition coefficient (Wildman–Crippen LogP) is 19.4. The monoisotopic (exact) mass is 2020 g/mol. The first kappa shape index (κ1) is 99.2. The molecule has 768 valence electrons. The summed E-state index contributed by atoms with van der Waals surface area (Å²) in [5.41, 5.74) is 13.7. The molecular formula is C114H114F4N10O20. The first-order valence-corrected chi connectivity index (χ1v) is 50.0. The highest BCUT2D eigenvalue weighted by Crippen LogP contribution is 2.49. The van der Waals surface area contributed by atoms with Gasteiger partial charge in [0.05, 0.1) is 164 Å². The van der Waals surface area contributed by atoms with Gasteiger partial charge in [-0.3, -0.25) is 29.1 Å². The Bertz CT molecular complexity index is 6940. The minimum Gasteiger partial charge on any atom is -0.493 e. The minimum atomic E-state index is -0.411. The van der Waals surface area contributed by atoms with E-state index in [1.54, 1.807) is 119 Å². The van der Waals surface area contributed by atoms with Gasteiger partial charge in [-0.05, 0) is 162 Å². The second-order valence-electron chi connectivity index (χ2n) is 40.6. The third-order valence-corrected chi connectivity index (χ3v) is 29.4. The Kier molecular flexibility index (Phi) is 28.1. The van der Waals surface area contributed by atoms with E-state index in [0.29, 0.717) is 162 Å². The molecule has 0 radical (unpaired) electrons. The van der Waals surface area contributed by atoms with Gasteiger partial charge in [-0.2, -0.15) is 0 Å². The third-order valence-electron chi connectivity index (χ3n) is 29.4. The van der Waals surface area contributed by atoms with Crippen LogP contribution >= 0.6 is 0 Å². The number of allylic oxidation sites excluding steroid dienone is 4. The molecule has 4 amide bonds. The highest BCUT2D eigenvalue weighted by Gasteiger charge is 2.52. The minimum absolute atomic E-state index is 0.0618. The fourth-order valence-electron chi connectivity index (χ4n) is 21.1. The van der Waals surface area contributed by atoms with Crippen LogP contribution in [0, 0.1) is 44.9 Å². The van der Waals surface area contributed by atoms with Gasteiger partial charge in [0, 0.05) is 146 Å². The summed E-state index contributed by atoms with van der Waals surface area (Å²) in [6.07, 6.45) is 21.0. The summed E-state index contributed by atoms with van der Waals surface area (Å²) in [6, 6.07) is 31.5. The van der Waals surface area contributed by atoms with Crippen molar-refractivity contribution < 1.29 is 113 Å². The van der Waals surface area contributed by atoms with Gasteiger partial charge in [0.15, 0.2) is 92.3 Å². The molecule has 34 heteroatoms. The molecule has 4 aliphatic carbocycles. The topological polar surface area (TPSA) is 306 Å². The van der Waals surface area contributed by atoms with Gasteiger partial charge in [0.2, 0.25) is 35.4 Å². The largest absolute Gasteiger partial charge is 0.493 e.